The lowest BCUT2D eigenvalue weighted by Crippen LogP contribution is -2.14. The van der Waals surface area contributed by atoms with Crippen LogP contribution in [-0.2, 0) is 0 Å². The van der Waals surface area contributed by atoms with Gasteiger partial charge in [0.25, 0.3) is 5.91 Å². The maximum atomic E-state index is 12.1. The number of amides is 1. The molecular weight excluding hydrogens is 242 g/mol. The fourth-order valence-electron chi connectivity index (χ4n) is 1.85. The zero-order valence-electron chi connectivity index (χ0n) is 10.8. The van der Waals surface area contributed by atoms with Gasteiger partial charge in [-0.25, -0.2) is 0 Å². The third kappa shape index (κ3) is 2.68. The van der Waals surface area contributed by atoms with Crippen molar-refractivity contribution in [1.82, 2.24) is 0 Å². The standard InChI is InChI=1S/C15H15NO3/c1-9-8-11(17)6-7-13(9)16-15(19)12-4-3-5-14(18)10(12)2/h3-8,17-18H,1-2H3,(H,16,19). The number of benzene rings is 2. The molecule has 0 unspecified atom stereocenters. The Balaban J connectivity index is 2.28. The molecule has 0 spiro atoms. The number of carbonyl (C=O) groups excluding carboxylic acids is 1. The predicted octanol–water partition coefficient (Wildman–Crippen LogP) is 2.97. The van der Waals surface area contributed by atoms with E-state index in [0.717, 1.165) is 5.56 Å². The van der Waals surface area contributed by atoms with Gasteiger partial charge in [0, 0.05) is 16.8 Å². The van der Waals surface area contributed by atoms with Crippen LogP contribution < -0.4 is 5.32 Å². The molecule has 0 saturated heterocycles. The highest BCUT2D eigenvalue weighted by Gasteiger charge is 2.12. The van der Waals surface area contributed by atoms with E-state index in [4.69, 9.17) is 0 Å². The Morgan fingerprint density at radius 1 is 1.11 bits per heavy atom. The van der Waals surface area contributed by atoms with Crippen molar-refractivity contribution in [3.63, 3.8) is 0 Å². The summed E-state index contributed by atoms with van der Waals surface area (Å²) < 4.78 is 0. The summed E-state index contributed by atoms with van der Waals surface area (Å²) in [5, 5.41) is 21.7. The molecule has 2 rings (SSSR count). The molecule has 2 aromatic rings. The van der Waals surface area contributed by atoms with Crippen molar-refractivity contribution in [2.45, 2.75) is 13.8 Å². The van der Waals surface area contributed by atoms with Gasteiger partial charge in [-0.1, -0.05) is 6.07 Å². The number of nitrogens with one attached hydrogen (secondary N) is 1. The minimum Gasteiger partial charge on any atom is -0.508 e. The van der Waals surface area contributed by atoms with Crippen molar-refractivity contribution in [2.75, 3.05) is 5.32 Å². The Morgan fingerprint density at radius 2 is 1.84 bits per heavy atom. The molecule has 0 aliphatic carbocycles. The second-order valence-electron chi connectivity index (χ2n) is 4.40. The van der Waals surface area contributed by atoms with E-state index in [9.17, 15) is 15.0 Å². The molecule has 19 heavy (non-hydrogen) atoms. The lowest BCUT2D eigenvalue weighted by Gasteiger charge is -2.11. The Bertz CT molecular complexity index is 635. The van der Waals surface area contributed by atoms with Gasteiger partial charge >= 0.3 is 0 Å². The van der Waals surface area contributed by atoms with Gasteiger partial charge in [-0.15, -0.1) is 0 Å². The summed E-state index contributed by atoms with van der Waals surface area (Å²) >= 11 is 0. The maximum absolute atomic E-state index is 12.1. The zero-order chi connectivity index (χ0) is 14.0. The number of rotatable bonds is 2. The van der Waals surface area contributed by atoms with Gasteiger partial charge in [0.05, 0.1) is 0 Å². The smallest absolute Gasteiger partial charge is 0.256 e. The first-order valence-electron chi connectivity index (χ1n) is 5.88. The molecule has 0 bridgehead atoms. The normalized spacial score (nSPS) is 10.2. The highest BCUT2D eigenvalue weighted by atomic mass is 16.3. The first-order chi connectivity index (χ1) is 8.99. The molecule has 4 nitrogen and oxygen atoms in total. The zero-order valence-corrected chi connectivity index (χ0v) is 10.8. The Labute approximate surface area is 111 Å². The molecule has 0 aliphatic heterocycles. The molecular formula is C15H15NO3. The van der Waals surface area contributed by atoms with E-state index in [1.165, 1.54) is 12.1 Å². The van der Waals surface area contributed by atoms with Crippen LogP contribution in [0, 0.1) is 13.8 Å². The van der Waals surface area contributed by atoms with Crippen LogP contribution in [0.4, 0.5) is 5.69 Å². The van der Waals surface area contributed by atoms with Crippen molar-refractivity contribution in [3.05, 3.63) is 53.1 Å². The summed E-state index contributed by atoms with van der Waals surface area (Å²) in [6, 6.07) is 9.54. The van der Waals surface area contributed by atoms with Crippen LogP contribution >= 0.6 is 0 Å². The van der Waals surface area contributed by atoms with E-state index < -0.39 is 0 Å². The number of anilines is 1. The summed E-state index contributed by atoms with van der Waals surface area (Å²) in [7, 11) is 0. The minimum absolute atomic E-state index is 0.0927. The van der Waals surface area contributed by atoms with Crippen LogP contribution in [0.3, 0.4) is 0 Å². The number of aromatic hydroxyl groups is 2. The Morgan fingerprint density at radius 3 is 2.53 bits per heavy atom. The number of hydrogen-bond donors (Lipinski definition) is 3. The molecule has 98 valence electrons. The molecule has 0 aromatic heterocycles. The molecule has 2 aromatic carbocycles. The number of aryl methyl sites for hydroxylation is 1. The van der Waals surface area contributed by atoms with Gasteiger partial charge in [0.15, 0.2) is 0 Å². The van der Waals surface area contributed by atoms with E-state index in [2.05, 4.69) is 5.32 Å². The average Bonchev–Trinajstić information content (AvgIpc) is 2.36. The molecule has 0 saturated carbocycles. The van der Waals surface area contributed by atoms with E-state index in [0.29, 0.717) is 16.8 Å². The molecule has 0 radical (unpaired) electrons. The molecule has 3 N–H and O–H groups in total. The van der Waals surface area contributed by atoms with Gasteiger partial charge < -0.3 is 15.5 Å². The molecule has 0 fully saturated rings. The fraction of sp³-hybridized carbons (Fsp3) is 0.133. The first-order valence-corrected chi connectivity index (χ1v) is 5.88. The molecule has 1 amide bonds. The largest absolute Gasteiger partial charge is 0.508 e. The lowest BCUT2D eigenvalue weighted by molar-refractivity contribution is 0.102. The number of phenols is 2. The van der Waals surface area contributed by atoms with E-state index >= 15 is 0 Å². The Hall–Kier alpha value is -2.49. The van der Waals surface area contributed by atoms with Crippen molar-refractivity contribution < 1.29 is 15.0 Å². The lowest BCUT2D eigenvalue weighted by atomic mass is 10.1. The summed E-state index contributed by atoms with van der Waals surface area (Å²) in [6.07, 6.45) is 0. The van der Waals surface area contributed by atoms with Crippen LogP contribution in [0.25, 0.3) is 0 Å². The average molecular weight is 257 g/mol. The van der Waals surface area contributed by atoms with Crippen LogP contribution in [0.2, 0.25) is 0 Å². The Kier molecular flexibility index (Phi) is 3.42. The summed E-state index contributed by atoms with van der Waals surface area (Å²) in [5.41, 5.74) is 2.36. The monoisotopic (exact) mass is 257 g/mol. The molecule has 0 aliphatic rings. The van der Waals surface area contributed by atoms with E-state index in [-0.39, 0.29) is 17.4 Å². The summed E-state index contributed by atoms with van der Waals surface area (Å²) in [5.74, 6) is -0.0405. The number of carbonyl (C=O) groups is 1. The maximum Gasteiger partial charge on any atom is 0.256 e. The highest BCUT2D eigenvalue weighted by molar-refractivity contribution is 6.06. The number of phenolic OH excluding ortho intramolecular Hbond substituents is 2. The van der Waals surface area contributed by atoms with Gasteiger partial charge in [0.2, 0.25) is 0 Å². The third-order valence-corrected chi connectivity index (χ3v) is 3.01. The quantitative estimate of drug-likeness (QED) is 0.724. The summed E-state index contributed by atoms with van der Waals surface area (Å²) in [4.78, 5) is 12.1. The van der Waals surface area contributed by atoms with Crippen molar-refractivity contribution in [1.29, 1.82) is 0 Å². The van der Waals surface area contributed by atoms with Crippen LogP contribution in [0.15, 0.2) is 36.4 Å². The molecule has 0 atom stereocenters. The summed E-state index contributed by atoms with van der Waals surface area (Å²) in [6.45, 7) is 3.48. The van der Waals surface area contributed by atoms with E-state index in [1.807, 2.05) is 0 Å². The fourth-order valence-corrected chi connectivity index (χ4v) is 1.85. The van der Waals surface area contributed by atoms with Crippen LogP contribution in [-0.4, -0.2) is 16.1 Å². The van der Waals surface area contributed by atoms with Gasteiger partial charge in [-0.3, -0.25) is 4.79 Å². The van der Waals surface area contributed by atoms with E-state index in [1.54, 1.807) is 38.1 Å². The predicted molar refractivity (Wildman–Crippen MR) is 73.6 cm³/mol. The van der Waals surface area contributed by atoms with Gasteiger partial charge in [-0.2, -0.15) is 0 Å². The highest BCUT2D eigenvalue weighted by Crippen LogP contribution is 2.23. The minimum atomic E-state index is -0.290. The SMILES string of the molecule is Cc1cc(O)ccc1NC(=O)c1cccc(O)c1C. The van der Waals surface area contributed by atoms with Crippen LogP contribution in [0.5, 0.6) is 11.5 Å². The second kappa shape index (κ2) is 5.02. The van der Waals surface area contributed by atoms with Crippen molar-refractivity contribution >= 4 is 11.6 Å². The first kappa shape index (κ1) is 13.0. The van der Waals surface area contributed by atoms with Crippen molar-refractivity contribution in [2.24, 2.45) is 0 Å². The van der Waals surface area contributed by atoms with Gasteiger partial charge in [0.1, 0.15) is 11.5 Å². The second-order valence-corrected chi connectivity index (χ2v) is 4.40. The number of hydrogen-bond acceptors (Lipinski definition) is 3. The topological polar surface area (TPSA) is 69.6 Å². The molecule has 0 heterocycles. The van der Waals surface area contributed by atoms with Gasteiger partial charge in [-0.05, 0) is 49.7 Å². The third-order valence-electron chi connectivity index (χ3n) is 3.01. The molecule has 4 heteroatoms. The van der Waals surface area contributed by atoms with Crippen LogP contribution in [0.1, 0.15) is 21.5 Å². The van der Waals surface area contributed by atoms with Crippen molar-refractivity contribution in [3.8, 4) is 11.5 Å².